The molecule has 0 radical (unpaired) electrons. The molecule has 1 aromatic heterocycles. The van der Waals surface area contributed by atoms with Crippen molar-refractivity contribution in [2.75, 3.05) is 25.4 Å². The lowest BCUT2D eigenvalue weighted by Crippen LogP contribution is -2.52. The maximum absolute atomic E-state index is 12.5. The number of nitrogens with zero attached hydrogens (tertiary/aromatic N) is 1. The molecule has 0 spiro atoms. The summed E-state index contributed by atoms with van der Waals surface area (Å²) in [4.78, 5) is 16.9. The van der Waals surface area contributed by atoms with Crippen LogP contribution in [0.15, 0.2) is 6.07 Å². The molecule has 98 valence electrons. The monoisotopic (exact) mass is 282 g/mol. The van der Waals surface area contributed by atoms with E-state index in [0.717, 1.165) is 36.7 Å². The minimum absolute atomic E-state index is 0.230. The predicted octanol–water partition coefficient (Wildman–Crippen LogP) is 1.97. The van der Waals surface area contributed by atoms with E-state index in [0.29, 0.717) is 6.04 Å². The van der Waals surface area contributed by atoms with Crippen LogP contribution in [0, 0.1) is 0 Å². The fourth-order valence-electron chi connectivity index (χ4n) is 2.54. The standard InChI is InChI=1S/C13H18N2OS2/c1-9-7-14-3-4-15(9)13(16)12-6-10-8-17-5-2-11(10)18-12/h6,9,14H,2-5,7-8H2,1H3. The number of piperazine rings is 1. The highest BCUT2D eigenvalue weighted by molar-refractivity contribution is 7.98. The third kappa shape index (κ3) is 2.31. The van der Waals surface area contributed by atoms with E-state index in [1.807, 2.05) is 16.7 Å². The van der Waals surface area contributed by atoms with Crippen molar-refractivity contribution in [1.29, 1.82) is 0 Å². The predicted molar refractivity (Wildman–Crippen MR) is 77.6 cm³/mol. The lowest BCUT2D eigenvalue weighted by molar-refractivity contribution is 0.0661. The lowest BCUT2D eigenvalue weighted by Gasteiger charge is -2.33. The SMILES string of the molecule is CC1CNCCN1C(=O)c1cc2c(s1)CCSC2. The van der Waals surface area contributed by atoms with Gasteiger partial charge < -0.3 is 10.2 Å². The van der Waals surface area contributed by atoms with Gasteiger partial charge in [0.15, 0.2) is 0 Å². The molecule has 3 rings (SSSR count). The summed E-state index contributed by atoms with van der Waals surface area (Å²) >= 11 is 3.68. The Hall–Kier alpha value is -0.520. The zero-order chi connectivity index (χ0) is 12.5. The fraction of sp³-hybridized carbons (Fsp3) is 0.615. The number of nitrogens with one attached hydrogen (secondary N) is 1. The molecule has 18 heavy (non-hydrogen) atoms. The lowest BCUT2D eigenvalue weighted by atomic mass is 10.2. The van der Waals surface area contributed by atoms with E-state index in [9.17, 15) is 4.79 Å². The topological polar surface area (TPSA) is 32.3 Å². The van der Waals surface area contributed by atoms with Gasteiger partial charge in [0.1, 0.15) is 0 Å². The highest BCUT2D eigenvalue weighted by atomic mass is 32.2. The molecule has 0 bridgehead atoms. The molecule has 3 heterocycles. The van der Waals surface area contributed by atoms with Gasteiger partial charge in [-0.15, -0.1) is 11.3 Å². The number of hydrogen-bond acceptors (Lipinski definition) is 4. The summed E-state index contributed by atoms with van der Waals surface area (Å²) < 4.78 is 0. The molecule has 1 atom stereocenters. The molecule has 1 saturated heterocycles. The molecule has 2 aliphatic rings. The number of amides is 1. The second-order valence-corrected chi connectivity index (χ2v) is 7.16. The van der Waals surface area contributed by atoms with Gasteiger partial charge >= 0.3 is 0 Å². The van der Waals surface area contributed by atoms with Crippen LogP contribution >= 0.6 is 23.1 Å². The molecule has 5 heteroatoms. The van der Waals surface area contributed by atoms with Crippen molar-refractivity contribution < 1.29 is 4.79 Å². The van der Waals surface area contributed by atoms with Gasteiger partial charge in [-0.05, 0) is 30.7 Å². The van der Waals surface area contributed by atoms with Crippen LogP contribution in [0.2, 0.25) is 0 Å². The highest BCUT2D eigenvalue weighted by Crippen LogP contribution is 2.32. The van der Waals surface area contributed by atoms with Crippen LogP contribution < -0.4 is 5.32 Å². The van der Waals surface area contributed by atoms with Crippen LogP contribution in [0.25, 0.3) is 0 Å². The van der Waals surface area contributed by atoms with Crippen LogP contribution in [0.1, 0.15) is 27.0 Å². The molecule has 3 nitrogen and oxygen atoms in total. The summed E-state index contributed by atoms with van der Waals surface area (Å²) in [5.74, 6) is 2.51. The Morgan fingerprint density at radius 2 is 2.44 bits per heavy atom. The van der Waals surface area contributed by atoms with Crippen molar-refractivity contribution in [3.63, 3.8) is 0 Å². The maximum atomic E-state index is 12.5. The first-order chi connectivity index (χ1) is 8.75. The Balaban J connectivity index is 1.81. The molecule has 1 unspecified atom stereocenters. The highest BCUT2D eigenvalue weighted by Gasteiger charge is 2.26. The van der Waals surface area contributed by atoms with Crippen LogP contribution in [-0.2, 0) is 12.2 Å². The average Bonchev–Trinajstić information content (AvgIpc) is 2.82. The first-order valence-corrected chi connectivity index (χ1v) is 8.44. The van der Waals surface area contributed by atoms with E-state index in [2.05, 4.69) is 18.3 Å². The maximum Gasteiger partial charge on any atom is 0.264 e. The summed E-state index contributed by atoms with van der Waals surface area (Å²) in [6, 6.07) is 2.43. The number of carbonyl (C=O) groups is 1. The van der Waals surface area contributed by atoms with Gasteiger partial charge in [0.2, 0.25) is 0 Å². The van der Waals surface area contributed by atoms with Crippen LogP contribution in [-0.4, -0.2) is 42.2 Å². The summed E-state index contributed by atoms with van der Waals surface area (Å²) in [5.41, 5.74) is 1.39. The number of rotatable bonds is 1. The third-order valence-electron chi connectivity index (χ3n) is 3.60. The molecule has 0 aromatic carbocycles. The van der Waals surface area contributed by atoms with E-state index in [1.165, 1.54) is 16.2 Å². The molecule has 0 aliphatic carbocycles. The Kier molecular flexibility index (Phi) is 3.63. The third-order valence-corrected chi connectivity index (χ3v) is 5.83. The Morgan fingerprint density at radius 1 is 1.56 bits per heavy atom. The number of thioether (sulfide) groups is 1. The van der Waals surface area contributed by atoms with E-state index in [1.54, 1.807) is 11.3 Å². The number of carbonyl (C=O) groups excluding carboxylic acids is 1. The van der Waals surface area contributed by atoms with Gasteiger partial charge in [-0.2, -0.15) is 11.8 Å². The van der Waals surface area contributed by atoms with E-state index in [-0.39, 0.29) is 5.91 Å². The van der Waals surface area contributed by atoms with Crippen molar-refractivity contribution in [3.8, 4) is 0 Å². The van der Waals surface area contributed by atoms with Gasteiger partial charge in [0.05, 0.1) is 4.88 Å². The van der Waals surface area contributed by atoms with Gasteiger partial charge in [-0.3, -0.25) is 4.79 Å². The van der Waals surface area contributed by atoms with E-state index >= 15 is 0 Å². The molecular formula is C13H18N2OS2. The first kappa shape index (κ1) is 12.5. The smallest absolute Gasteiger partial charge is 0.264 e. The normalized spacial score (nSPS) is 23.8. The Labute approximate surface area is 116 Å². The molecule has 1 amide bonds. The quantitative estimate of drug-likeness (QED) is 0.855. The minimum atomic E-state index is 0.230. The van der Waals surface area contributed by atoms with E-state index in [4.69, 9.17) is 0 Å². The number of thiophene rings is 1. The molecule has 1 aromatic rings. The molecule has 0 saturated carbocycles. The minimum Gasteiger partial charge on any atom is -0.333 e. The summed E-state index contributed by atoms with van der Waals surface area (Å²) in [6.07, 6.45) is 1.13. The van der Waals surface area contributed by atoms with Crippen molar-refractivity contribution >= 4 is 29.0 Å². The van der Waals surface area contributed by atoms with E-state index < -0.39 is 0 Å². The van der Waals surface area contributed by atoms with Crippen LogP contribution in [0.5, 0.6) is 0 Å². The van der Waals surface area contributed by atoms with Crippen molar-refractivity contribution in [2.45, 2.75) is 25.1 Å². The number of aryl methyl sites for hydroxylation is 1. The summed E-state index contributed by atoms with van der Waals surface area (Å²) in [7, 11) is 0. The van der Waals surface area contributed by atoms with Crippen molar-refractivity contribution in [2.24, 2.45) is 0 Å². The van der Waals surface area contributed by atoms with Crippen LogP contribution in [0.4, 0.5) is 0 Å². The van der Waals surface area contributed by atoms with Gasteiger partial charge in [-0.1, -0.05) is 0 Å². The number of fused-ring (bicyclic) bond motifs is 1. The Bertz CT molecular complexity index is 434. The average molecular weight is 282 g/mol. The van der Waals surface area contributed by atoms with Crippen molar-refractivity contribution in [1.82, 2.24) is 10.2 Å². The number of hydrogen-bond donors (Lipinski definition) is 1. The second kappa shape index (κ2) is 5.23. The molecule has 1 N–H and O–H groups in total. The van der Waals surface area contributed by atoms with Gasteiger partial charge in [0, 0.05) is 36.3 Å². The second-order valence-electron chi connectivity index (χ2n) is 4.91. The van der Waals surface area contributed by atoms with Gasteiger partial charge in [0.25, 0.3) is 5.91 Å². The molecule has 2 aliphatic heterocycles. The summed E-state index contributed by atoms with van der Waals surface area (Å²) in [6.45, 7) is 4.77. The zero-order valence-corrected chi connectivity index (χ0v) is 12.2. The fourth-order valence-corrected chi connectivity index (χ4v) is 4.87. The van der Waals surface area contributed by atoms with Crippen molar-refractivity contribution in [3.05, 3.63) is 21.4 Å². The largest absolute Gasteiger partial charge is 0.333 e. The first-order valence-electron chi connectivity index (χ1n) is 6.46. The molecular weight excluding hydrogens is 264 g/mol. The van der Waals surface area contributed by atoms with Crippen LogP contribution in [0.3, 0.4) is 0 Å². The molecule has 1 fully saturated rings. The summed E-state index contributed by atoms with van der Waals surface area (Å²) in [5, 5.41) is 3.33. The van der Waals surface area contributed by atoms with Gasteiger partial charge in [-0.25, -0.2) is 0 Å². The zero-order valence-electron chi connectivity index (χ0n) is 10.6. The Morgan fingerprint density at radius 3 is 3.22 bits per heavy atom.